The van der Waals surface area contributed by atoms with Crippen LogP contribution in [0.4, 0.5) is 5.69 Å². The molecular formula is C15H17N5. The van der Waals surface area contributed by atoms with Crippen LogP contribution in [0.5, 0.6) is 0 Å². The summed E-state index contributed by atoms with van der Waals surface area (Å²) in [5, 5.41) is 12.0. The Kier molecular flexibility index (Phi) is 3.12. The summed E-state index contributed by atoms with van der Waals surface area (Å²) in [5.74, 6) is 0. The third-order valence-electron chi connectivity index (χ3n) is 3.73. The Morgan fingerprint density at radius 3 is 2.90 bits per heavy atom. The number of fused-ring (bicyclic) bond motifs is 3. The lowest BCUT2D eigenvalue weighted by Gasteiger charge is -2.22. The van der Waals surface area contributed by atoms with Crippen molar-refractivity contribution < 1.29 is 0 Å². The van der Waals surface area contributed by atoms with Gasteiger partial charge in [0.05, 0.1) is 11.2 Å². The van der Waals surface area contributed by atoms with Crippen molar-refractivity contribution >= 4 is 28.9 Å². The minimum absolute atomic E-state index is 0.622. The highest BCUT2D eigenvalue weighted by molar-refractivity contribution is 6.04. The topological polar surface area (TPSA) is 101 Å². The number of nitrogens with zero attached hydrogens (tertiary/aromatic N) is 1. The van der Waals surface area contributed by atoms with Gasteiger partial charge >= 0.3 is 0 Å². The summed E-state index contributed by atoms with van der Waals surface area (Å²) in [6.07, 6.45) is 5.56. The molecule has 2 heterocycles. The molecule has 0 bridgehead atoms. The molecule has 6 N–H and O–H groups in total. The average molecular weight is 267 g/mol. The molecule has 0 saturated carbocycles. The first-order chi connectivity index (χ1) is 9.76. The van der Waals surface area contributed by atoms with Gasteiger partial charge < -0.3 is 22.2 Å². The molecule has 0 aliphatic carbocycles. The number of hydrogen-bond acceptors (Lipinski definition) is 5. The fourth-order valence-corrected chi connectivity index (χ4v) is 2.82. The second-order valence-electron chi connectivity index (χ2n) is 4.85. The quantitative estimate of drug-likeness (QED) is 0.488. The molecule has 0 spiro atoms. The van der Waals surface area contributed by atoms with E-state index in [-0.39, 0.29) is 0 Å². The third-order valence-corrected chi connectivity index (χ3v) is 3.73. The maximum Gasteiger partial charge on any atom is 0.0720 e. The maximum absolute atomic E-state index is 7.64. The van der Waals surface area contributed by atoms with E-state index in [1.807, 2.05) is 12.1 Å². The number of anilines is 1. The lowest BCUT2D eigenvalue weighted by molar-refractivity contribution is 0.644. The molecule has 3 rings (SSSR count). The minimum Gasteiger partial charge on any atom is -0.405 e. The molecule has 1 aliphatic heterocycles. The predicted molar refractivity (Wildman–Crippen MR) is 82.7 cm³/mol. The highest BCUT2D eigenvalue weighted by Gasteiger charge is 2.19. The van der Waals surface area contributed by atoms with Crippen LogP contribution in [0.2, 0.25) is 0 Å². The highest BCUT2D eigenvalue weighted by Crippen LogP contribution is 2.31. The Bertz CT molecular complexity index is 718. The van der Waals surface area contributed by atoms with Gasteiger partial charge in [0.25, 0.3) is 0 Å². The maximum atomic E-state index is 7.64. The Morgan fingerprint density at radius 2 is 2.15 bits per heavy atom. The van der Waals surface area contributed by atoms with Crippen molar-refractivity contribution in [3.63, 3.8) is 0 Å². The molecule has 5 heteroatoms. The van der Waals surface area contributed by atoms with E-state index >= 15 is 0 Å². The molecule has 1 aromatic heterocycles. The van der Waals surface area contributed by atoms with Gasteiger partial charge in [-0.25, -0.2) is 4.98 Å². The van der Waals surface area contributed by atoms with Gasteiger partial charge in [-0.1, -0.05) is 0 Å². The summed E-state index contributed by atoms with van der Waals surface area (Å²) in [6, 6.07) is 3.72. The Morgan fingerprint density at radius 1 is 1.30 bits per heavy atom. The highest BCUT2D eigenvalue weighted by atomic mass is 14.9. The van der Waals surface area contributed by atoms with Gasteiger partial charge in [0.15, 0.2) is 0 Å². The zero-order chi connectivity index (χ0) is 14.1. The monoisotopic (exact) mass is 267 g/mol. The van der Waals surface area contributed by atoms with E-state index in [9.17, 15) is 0 Å². The van der Waals surface area contributed by atoms with Crippen molar-refractivity contribution in [3.8, 4) is 0 Å². The second kappa shape index (κ2) is 4.94. The molecule has 0 fully saturated rings. The van der Waals surface area contributed by atoms with E-state index in [0.717, 1.165) is 47.2 Å². The van der Waals surface area contributed by atoms with E-state index in [2.05, 4.69) is 10.3 Å². The lowest BCUT2D eigenvalue weighted by Crippen LogP contribution is -2.25. The van der Waals surface area contributed by atoms with Crippen LogP contribution in [-0.2, 0) is 13.0 Å². The Balaban J connectivity index is 2.44. The van der Waals surface area contributed by atoms with Gasteiger partial charge in [0, 0.05) is 29.4 Å². The molecule has 5 nitrogen and oxygen atoms in total. The van der Waals surface area contributed by atoms with Gasteiger partial charge in [0.2, 0.25) is 0 Å². The van der Waals surface area contributed by atoms with E-state index in [4.69, 9.17) is 16.9 Å². The van der Waals surface area contributed by atoms with Crippen LogP contribution in [0.25, 0.3) is 17.0 Å². The Hall–Kier alpha value is -2.40. The van der Waals surface area contributed by atoms with Crippen molar-refractivity contribution in [2.75, 3.05) is 12.3 Å². The Labute approximate surface area is 117 Å². The van der Waals surface area contributed by atoms with Crippen molar-refractivity contribution in [2.45, 2.75) is 13.0 Å². The zero-order valence-corrected chi connectivity index (χ0v) is 11.1. The number of pyridine rings is 1. The van der Waals surface area contributed by atoms with Crippen molar-refractivity contribution in [3.05, 3.63) is 40.7 Å². The summed E-state index contributed by atoms with van der Waals surface area (Å²) in [6.45, 7) is 1.69. The first kappa shape index (κ1) is 12.6. The SMILES string of the molecule is N=Cc1c(N)ccc2nc(/C=C/N)c3c(c12)CCNC3. The summed E-state index contributed by atoms with van der Waals surface area (Å²) in [4.78, 5) is 4.66. The zero-order valence-electron chi connectivity index (χ0n) is 11.1. The normalized spacial score (nSPS) is 14.6. The van der Waals surface area contributed by atoms with Crippen LogP contribution >= 0.6 is 0 Å². The number of aromatic nitrogens is 1. The van der Waals surface area contributed by atoms with Gasteiger partial charge in [-0.05, 0) is 48.5 Å². The van der Waals surface area contributed by atoms with Crippen LogP contribution in [0.3, 0.4) is 0 Å². The third kappa shape index (κ3) is 1.83. The van der Waals surface area contributed by atoms with Crippen LogP contribution in [0.15, 0.2) is 18.3 Å². The standard InChI is InChI=1S/C15H17N5/c16-5-3-13-11-8-19-6-4-9(11)15-10(7-17)12(18)1-2-14(15)20-13/h1-3,5,7,17,19H,4,6,8,16,18H2/b5-3+,17-7?. The van der Waals surface area contributed by atoms with Crippen molar-refractivity contribution in [1.29, 1.82) is 5.41 Å². The summed E-state index contributed by atoms with van der Waals surface area (Å²) >= 11 is 0. The second-order valence-corrected chi connectivity index (χ2v) is 4.85. The van der Waals surface area contributed by atoms with Crippen LogP contribution in [-0.4, -0.2) is 17.7 Å². The molecule has 1 aliphatic rings. The fraction of sp³-hybridized carbons (Fsp3) is 0.200. The summed E-state index contributed by atoms with van der Waals surface area (Å²) < 4.78 is 0. The largest absolute Gasteiger partial charge is 0.405 e. The fourth-order valence-electron chi connectivity index (χ4n) is 2.82. The number of nitrogens with one attached hydrogen (secondary N) is 2. The van der Waals surface area contributed by atoms with E-state index in [1.165, 1.54) is 18.0 Å². The number of nitrogen functional groups attached to an aromatic ring is 1. The smallest absolute Gasteiger partial charge is 0.0720 e. The van der Waals surface area contributed by atoms with E-state index in [1.54, 1.807) is 6.07 Å². The molecule has 0 amide bonds. The van der Waals surface area contributed by atoms with Crippen LogP contribution in [0, 0.1) is 5.41 Å². The number of benzene rings is 1. The molecular weight excluding hydrogens is 250 g/mol. The van der Waals surface area contributed by atoms with Gasteiger partial charge in [0.1, 0.15) is 0 Å². The number of nitrogens with two attached hydrogens (primary N) is 2. The first-order valence-corrected chi connectivity index (χ1v) is 6.59. The van der Waals surface area contributed by atoms with Gasteiger partial charge in [-0.2, -0.15) is 0 Å². The molecule has 2 aromatic rings. The number of rotatable bonds is 2. The minimum atomic E-state index is 0.622. The van der Waals surface area contributed by atoms with Crippen LogP contribution < -0.4 is 16.8 Å². The molecule has 0 atom stereocenters. The molecule has 20 heavy (non-hydrogen) atoms. The summed E-state index contributed by atoms with van der Waals surface area (Å²) in [5.41, 5.74) is 17.0. The number of hydrogen-bond donors (Lipinski definition) is 4. The van der Waals surface area contributed by atoms with Crippen molar-refractivity contribution in [1.82, 2.24) is 10.3 Å². The first-order valence-electron chi connectivity index (χ1n) is 6.59. The van der Waals surface area contributed by atoms with Gasteiger partial charge in [-0.3, -0.25) is 0 Å². The van der Waals surface area contributed by atoms with Gasteiger partial charge in [-0.15, -0.1) is 0 Å². The predicted octanol–water partition coefficient (Wildman–Crippen LogP) is 1.39. The average Bonchev–Trinajstić information content (AvgIpc) is 2.48. The molecule has 102 valence electrons. The molecule has 1 aromatic carbocycles. The van der Waals surface area contributed by atoms with Crippen LogP contribution in [0.1, 0.15) is 22.4 Å². The molecule has 0 saturated heterocycles. The molecule has 0 radical (unpaired) electrons. The van der Waals surface area contributed by atoms with Crippen molar-refractivity contribution in [2.24, 2.45) is 5.73 Å². The van der Waals surface area contributed by atoms with E-state index in [0.29, 0.717) is 5.69 Å². The lowest BCUT2D eigenvalue weighted by atomic mass is 9.92. The summed E-state index contributed by atoms with van der Waals surface area (Å²) in [7, 11) is 0. The van der Waals surface area contributed by atoms with E-state index < -0.39 is 0 Å². The molecule has 0 unspecified atom stereocenters.